The second kappa shape index (κ2) is 6.29. The number of aryl methyl sites for hydroxylation is 1. The molecule has 0 saturated carbocycles. The zero-order valence-electron chi connectivity index (χ0n) is 13.5. The Balaban J connectivity index is 1.59. The van der Waals surface area contributed by atoms with Gasteiger partial charge in [0.05, 0.1) is 0 Å². The largest absolute Gasteiger partial charge is 0.334 e. The van der Waals surface area contributed by atoms with Crippen LogP contribution in [0.4, 0.5) is 5.69 Å². The molecule has 4 rings (SSSR count). The lowest BCUT2D eigenvalue weighted by molar-refractivity contribution is -0.117. The highest BCUT2D eigenvalue weighted by Gasteiger charge is 2.35. The van der Waals surface area contributed by atoms with Gasteiger partial charge in [0.15, 0.2) is 5.82 Å². The summed E-state index contributed by atoms with van der Waals surface area (Å²) in [6, 6.07) is 9.15. The highest BCUT2D eigenvalue weighted by Crippen LogP contribution is 2.34. The first-order valence-corrected chi connectivity index (χ1v) is 8.30. The molecule has 126 valence electrons. The van der Waals surface area contributed by atoms with E-state index < -0.39 is 0 Å². The van der Waals surface area contributed by atoms with Crippen molar-refractivity contribution in [1.29, 1.82) is 0 Å². The predicted molar refractivity (Wildman–Crippen MR) is 93.4 cm³/mol. The van der Waals surface area contributed by atoms with Gasteiger partial charge < -0.3 is 9.42 Å². The van der Waals surface area contributed by atoms with Crippen LogP contribution in [0.3, 0.4) is 0 Å². The van der Waals surface area contributed by atoms with Crippen molar-refractivity contribution < 1.29 is 9.32 Å². The number of anilines is 1. The van der Waals surface area contributed by atoms with Crippen LogP contribution in [0, 0.1) is 6.92 Å². The molecule has 1 aromatic carbocycles. The van der Waals surface area contributed by atoms with Crippen molar-refractivity contribution in [1.82, 2.24) is 15.1 Å². The summed E-state index contributed by atoms with van der Waals surface area (Å²) in [6.45, 7) is 2.47. The van der Waals surface area contributed by atoms with Gasteiger partial charge in [-0.15, -0.1) is 0 Å². The minimum Gasteiger partial charge on any atom is -0.334 e. The summed E-state index contributed by atoms with van der Waals surface area (Å²) in [5, 5.41) is 4.67. The van der Waals surface area contributed by atoms with E-state index in [1.807, 2.05) is 25.1 Å². The normalized spacial score (nSPS) is 17.3. The molecule has 1 atom stereocenters. The van der Waals surface area contributed by atoms with Crippen molar-refractivity contribution in [3.63, 3.8) is 0 Å². The Morgan fingerprint density at radius 2 is 2.04 bits per heavy atom. The van der Waals surface area contributed by atoms with Crippen molar-refractivity contribution in [3.8, 4) is 11.5 Å². The topological polar surface area (TPSA) is 72.1 Å². The van der Waals surface area contributed by atoms with Crippen molar-refractivity contribution in [2.75, 3.05) is 11.4 Å². The number of hydrogen-bond donors (Lipinski definition) is 0. The summed E-state index contributed by atoms with van der Waals surface area (Å²) in [7, 11) is 0. The number of amides is 1. The molecular formula is C18H15ClN4O2. The zero-order chi connectivity index (χ0) is 17.4. The van der Waals surface area contributed by atoms with Gasteiger partial charge in [0.25, 0.3) is 5.89 Å². The minimum atomic E-state index is -0.106. The molecule has 0 aliphatic carbocycles. The molecule has 7 heteroatoms. The number of benzene rings is 1. The summed E-state index contributed by atoms with van der Waals surface area (Å²) < 4.78 is 5.34. The number of pyridine rings is 1. The molecule has 3 aromatic rings. The number of hydrogen-bond acceptors (Lipinski definition) is 5. The van der Waals surface area contributed by atoms with Crippen LogP contribution in [-0.2, 0) is 4.79 Å². The third kappa shape index (κ3) is 3.00. The monoisotopic (exact) mass is 354 g/mol. The number of rotatable bonds is 3. The second-order valence-electron chi connectivity index (χ2n) is 6.03. The van der Waals surface area contributed by atoms with Crippen LogP contribution in [0.5, 0.6) is 0 Å². The third-order valence-corrected chi connectivity index (χ3v) is 4.56. The van der Waals surface area contributed by atoms with Gasteiger partial charge in [-0.2, -0.15) is 4.98 Å². The van der Waals surface area contributed by atoms with E-state index >= 15 is 0 Å². The van der Waals surface area contributed by atoms with Gasteiger partial charge in [-0.1, -0.05) is 22.8 Å². The van der Waals surface area contributed by atoms with E-state index in [2.05, 4.69) is 15.1 Å². The molecule has 3 heterocycles. The summed E-state index contributed by atoms with van der Waals surface area (Å²) in [4.78, 5) is 22.7. The van der Waals surface area contributed by atoms with Crippen LogP contribution in [0.1, 0.15) is 23.7 Å². The van der Waals surface area contributed by atoms with E-state index in [0.29, 0.717) is 29.7 Å². The molecule has 0 radical (unpaired) electrons. The lowest BCUT2D eigenvalue weighted by Crippen LogP contribution is -2.25. The van der Waals surface area contributed by atoms with Gasteiger partial charge in [-0.05, 0) is 36.8 Å². The Morgan fingerprint density at radius 1 is 1.24 bits per heavy atom. The van der Waals surface area contributed by atoms with Crippen LogP contribution >= 0.6 is 11.6 Å². The fourth-order valence-corrected chi connectivity index (χ4v) is 3.17. The molecule has 1 aliphatic rings. The van der Waals surface area contributed by atoms with E-state index in [9.17, 15) is 4.79 Å². The molecule has 1 unspecified atom stereocenters. The first-order valence-electron chi connectivity index (χ1n) is 7.92. The molecule has 0 N–H and O–H groups in total. The molecule has 6 nitrogen and oxygen atoms in total. The van der Waals surface area contributed by atoms with Crippen molar-refractivity contribution >= 4 is 23.2 Å². The molecule has 1 aliphatic heterocycles. The smallest absolute Gasteiger partial charge is 0.258 e. The van der Waals surface area contributed by atoms with Crippen LogP contribution in [-0.4, -0.2) is 27.6 Å². The predicted octanol–water partition coefficient (Wildman–Crippen LogP) is 3.61. The van der Waals surface area contributed by atoms with Gasteiger partial charge in [-0.3, -0.25) is 9.78 Å². The lowest BCUT2D eigenvalue weighted by atomic mass is 10.1. The number of nitrogens with zero attached hydrogens (tertiary/aromatic N) is 4. The maximum atomic E-state index is 12.5. The fourth-order valence-electron chi connectivity index (χ4n) is 3.00. The highest BCUT2D eigenvalue weighted by molar-refractivity contribution is 6.31. The Hall–Kier alpha value is -2.73. The Kier molecular flexibility index (Phi) is 3.97. The highest BCUT2D eigenvalue weighted by atomic mass is 35.5. The Morgan fingerprint density at radius 3 is 2.84 bits per heavy atom. The third-order valence-electron chi connectivity index (χ3n) is 4.32. The molecular weight excluding hydrogens is 340 g/mol. The molecule has 2 aromatic heterocycles. The maximum Gasteiger partial charge on any atom is 0.258 e. The summed E-state index contributed by atoms with van der Waals surface area (Å²) >= 11 is 6.08. The summed E-state index contributed by atoms with van der Waals surface area (Å²) in [5.74, 6) is 0.903. The van der Waals surface area contributed by atoms with Crippen molar-refractivity contribution in [2.45, 2.75) is 19.3 Å². The quantitative estimate of drug-likeness (QED) is 0.718. The van der Waals surface area contributed by atoms with Gasteiger partial charge >= 0.3 is 0 Å². The zero-order valence-corrected chi connectivity index (χ0v) is 14.3. The van der Waals surface area contributed by atoms with E-state index in [0.717, 1.165) is 16.8 Å². The van der Waals surface area contributed by atoms with Crippen LogP contribution in [0.15, 0.2) is 47.2 Å². The number of carbonyl (C=O) groups excluding carboxylic acids is 1. The van der Waals surface area contributed by atoms with E-state index in [1.54, 1.807) is 29.4 Å². The van der Waals surface area contributed by atoms with Crippen LogP contribution in [0.2, 0.25) is 5.02 Å². The van der Waals surface area contributed by atoms with Gasteiger partial charge in [-0.25, -0.2) is 0 Å². The lowest BCUT2D eigenvalue weighted by Gasteiger charge is -2.19. The van der Waals surface area contributed by atoms with Gasteiger partial charge in [0.2, 0.25) is 5.91 Å². The summed E-state index contributed by atoms with van der Waals surface area (Å²) in [5.41, 5.74) is 2.64. The van der Waals surface area contributed by atoms with Crippen molar-refractivity contribution in [3.05, 3.63) is 59.1 Å². The first-order chi connectivity index (χ1) is 12.1. The number of halogens is 1. The maximum absolute atomic E-state index is 12.5. The molecule has 0 spiro atoms. The molecule has 25 heavy (non-hydrogen) atoms. The Labute approximate surface area is 149 Å². The SMILES string of the molecule is Cc1ccc(Cl)cc1N1CC(c2noc(-c3ccncc3)n2)CC1=O. The average molecular weight is 355 g/mol. The van der Waals surface area contributed by atoms with E-state index in [-0.39, 0.29) is 11.8 Å². The summed E-state index contributed by atoms with van der Waals surface area (Å²) in [6.07, 6.45) is 3.69. The Bertz CT molecular complexity index is 926. The molecule has 1 saturated heterocycles. The van der Waals surface area contributed by atoms with E-state index in [1.165, 1.54) is 0 Å². The first kappa shape index (κ1) is 15.8. The van der Waals surface area contributed by atoms with E-state index in [4.69, 9.17) is 16.1 Å². The minimum absolute atomic E-state index is 0.0330. The second-order valence-corrected chi connectivity index (χ2v) is 6.47. The average Bonchev–Trinajstić information content (AvgIpc) is 3.25. The number of carbonyl (C=O) groups is 1. The van der Waals surface area contributed by atoms with Crippen LogP contribution in [0.25, 0.3) is 11.5 Å². The van der Waals surface area contributed by atoms with Gasteiger partial charge in [0.1, 0.15) is 0 Å². The van der Waals surface area contributed by atoms with Gasteiger partial charge in [0, 0.05) is 47.6 Å². The fraction of sp³-hybridized carbons (Fsp3) is 0.222. The van der Waals surface area contributed by atoms with Crippen LogP contribution < -0.4 is 4.90 Å². The molecule has 1 fully saturated rings. The molecule has 0 bridgehead atoms. The number of aromatic nitrogens is 3. The van der Waals surface area contributed by atoms with Crippen molar-refractivity contribution in [2.24, 2.45) is 0 Å². The standard InChI is InChI=1S/C18H15ClN4O2/c1-11-2-3-14(19)9-15(11)23-10-13(8-16(23)24)17-21-18(25-22-17)12-4-6-20-7-5-12/h2-7,9,13H,8,10H2,1H3. The molecule has 1 amide bonds.